The van der Waals surface area contributed by atoms with Crippen LogP contribution in [0.15, 0.2) is 63.6 Å². The minimum absolute atomic E-state index is 0. The molecule has 0 spiro atoms. The second kappa shape index (κ2) is 11.1. The van der Waals surface area contributed by atoms with Crippen molar-refractivity contribution < 1.29 is 12.8 Å². The zero-order valence-corrected chi connectivity index (χ0v) is 18.7. The predicted octanol–water partition coefficient (Wildman–Crippen LogP) is 3.07. The fraction of sp³-hybridized carbons (Fsp3) is 0.316. The summed E-state index contributed by atoms with van der Waals surface area (Å²) in [5.41, 5.74) is 1.67. The van der Waals surface area contributed by atoms with Gasteiger partial charge in [0.05, 0.1) is 17.7 Å². The van der Waals surface area contributed by atoms with Gasteiger partial charge in [-0.1, -0.05) is 18.2 Å². The molecule has 0 aliphatic rings. The lowest BCUT2D eigenvalue weighted by atomic mass is 10.1. The van der Waals surface area contributed by atoms with Gasteiger partial charge in [0.2, 0.25) is 0 Å². The summed E-state index contributed by atoms with van der Waals surface area (Å²) >= 11 is 0. The highest BCUT2D eigenvalue weighted by molar-refractivity contribution is 14.0. The highest BCUT2D eigenvalue weighted by Gasteiger charge is 2.10. The molecule has 0 amide bonds. The van der Waals surface area contributed by atoms with Crippen molar-refractivity contribution in [3.8, 4) is 0 Å². The van der Waals surface area contributed by atoms with Crippen molar-refractivity contribution >= 4 is 39.8 Å². The van der Waals surface area contributed by atoms with Gasteiger partial charge >= 0.3 is 0 Å². The van der Waals surface area contributed by atoms with Crippen LogP contribution in [-0.4, -0.2) is 33.7 Å². The molecule has 0 fully saturated rings. The first kappa shape index (κ1) is 23.2. The largest absolute Gasteiger partial charge is 0.469 e. The molecule has 2 aromatic rings. The number of benzene rings is 1. The molecule has 0 atom stereocenters. The first-order valence-corrected chi connectivity index (χ1v) is 10.2. The molecule has 0 unspecified atom stereocenters. The minimum atomic E-state index is -3.21. The third kappa shape index (κ3) is 7.76. The second-order valence-corrected chi connectivity index (χ2v) is 7.95. The summed E-state index contributed by atoms with van der Waals surface area (Å²) in [6.07, 6.45) is 5.38. The number of hydrogen-bond donors (Lipinski definition) is 2. The molecule has 27 heavy (non-hydrogen) atoms. The monoisotopic (exact) mass is 503 g/mol. The average Bonchev–Trinajstić information content (AvgIpc) is 3.09. The molecule has 6 nitrogen and oxygen atoms in total. The van der Waals surface area contributed by atoms with Crippen molar-refractivity contribution in [1.29, 1.82) is 0 Å². The van der Waals surface area contributed by atoms with E-state index in [1.807, 2.05) is 18.2 Å². The van der Waals surface area contributed by atoms with Crippen molar-refractivity contribution in [2.24, 2.45) is 4.99 Å². The van der Waals surface area contributed by atoms with Crippen LogP contribution >= 0.6 is 24.0 Å². The molecule has 0 aliphatic carbocycles. The number of furan rings is 1. The minimum Gasteiger partial charge on any atom is -0.469 e. The van der Waals surface area contributed by atoms with Crippen LogP contribution in [0.25, 0.3) is 0 Å². The first-order chi connectivity index (χ1) is 12.4. The van der Waals surface area contributed by atoms with Crippen LogP contribution in [0.5, 0.6) is 0 Å². The summed E-state index contributed by atoms with van der Waals surface area (Å²) in [5.74, 6) is 1.58. The van der Waals surface area contributed by atoms with Gasteiger partial charge in [-0.2, -0.15) is 0 Å². The molecule has 0 saturated heterocycles. The van der Waals surface area contributed by atoms with E-state index in [0.29, 0.717) is 30.5 Å². The van der Waals surface area contributed by atoms with Crippen LogP contribution in [0.4, 0.5) is 0 Å². The van der Waals surface area contributed by atoms with Crippen molar-refractivity contribution in [1.82, 2.24) is 10.6 Å². The lowest BCUT2D eigenvalue weighted by Crippen LogP contribution is -2.38. The smallest absolute Gasteiger partial charge is 0.191 e. The van der Waals surface area contributed by atoms with E-state index < -0.39 is 9.84 Å². The molecular weight excluding hydrogens is 477 g/mol. The van der Waals surface area contributed by atoms with Crippen LogP contribution in [-0.2, 0) is 22.8 Å². The summed E-state index contributed by atoms with van der Waals surface area (Å²) in [6.45, 7) is 7.21. The second-order valence-electron chi connectivity index (χ2n) is 5.96. The maximum atomic E-state index is 11.7. The van der Waals surface area contributed by atoms with Crippen molar-refractivity contribution in [3.63, 3.8) is 0 Å². The van der Waals surface area contributed by atoms with Gasteiger partial charge in [-0.3, -0.25) is 0 Å². The molecule has 2 N–H and O–H groups in total. The molecular formula is C19H26IN3O3S. The Morgan fingerprint density at radius 2 is 2.07 bits per heavy atom. The molecule has 0 radical (unpaired) electrons. The van der Waals surface area contributed by atoms with Crippen LogP contribution in [0.3, 0.4) is 0 Å². The topological polar surface area (TPSA) is 83.7 Å². The van der Waals surface area contributed by atoms with E-state index in [1.165, 1.54) is 6.26 Å². The Hall–Kier alpha value is -1.81. The standard InChI is InChI=1S/C19H25N3O3S.HI/c1-4-10-20-19(21-11-9-17-6-5-12-25-17)22-14-16-7-8-18(15(2)13-16)26(3,23)24;/h4-8,12-13H,1,9-11,14H2,2-3H3,(H2,20,21,22);1H. The van der Waals surface area contributed by atoms with E-state index >= 15 is 0 Å². The fourth-order valence-electron chi connectivity index (χ4n) is 2.50. The Bertz CT molecular complexity index is 862. The quantitative estimate of drug-likeness (QED) is 0.251. The number of sulfone groups is 1. The number of aryl methyl sites for hydroxylation is 1. The van der Waals surface area contributed by atoms with Gasteiger partial charge in [0.15, 0.2) is 15.8 Å². The molecule has 2 rings (SSSR count). The summed E-state index contributed by atoms with van der Waals surface area (Å²) in [7, 11) is -3.21. The van der Waals surface area contributed by atoms with E-state index in [-0.39, 0.29) is 24.0 Å². The van der Waals surface area contributed by atoms with Gasteiger partial charge < -0.3 is 15.1 Å². The SMILES string of the molecule is C=CCNC(=NCc1ccc(S(C)(=O)=O)c(C)c1)NCCc1ccco1.I. The normalized spacial score (nSPS) is 11.6. The van der Waals surface area contributed by atoms with Crippen LogP contribution in [0.2, 0.25) is 0 Å². The number of nitrogens with one attached hydrogen (secondary N) is 2. The lowest BCUT2D eigenvalue weighted by molar-refractivity contribution is 0.507. The Balaban J connectivity index is 0.00000364. The third-order valence-corrected chi connectivity index (χ3v) is 4.97. The number of nitrogens with zero attached hydrogens (tertiary/aromatic N) is 1. The zero-order valence-electron chi connectivity index (χ0n) is 15.6. The van der Waals surface area contributed by atoms with E-state index in [4.69, 9.17) is 4.42 Å². The van der Waals surface area contributed by atoms with Gasteiger partial charge in [-0.25, -0.2) is 13.4 Å². The number of guanidine groups is 1. The molecule has 0 bridgehead atoms. The molecule has 0 saturated carbocycles. The first-order valence-electron chi connectivity index (χ1n) is 8.35. The van der Waals surface area contributed by atoms with Gasteiger partial charge in [-0.05, 0) is 36.2 Å². The van der Waals surface area contributed by atoms with Crippen LogP contribution in [0, 0.1) is 6.92 Å². The summed E-state index contributed by atoms with van der Waals surface area (Å²) in [5, 5.41) is 6.41. The summed E-state index contributed by atoms with van der Waals surface area (Å²) in [4.78, 5) is 4.90. The van der Waals surface area contributed by atoms with Crippen LogP contribution in [0.1, 0.15) is 16.9 Å². The molecule has 148 valence electrons. The molecule has 1 heterocycles. The maximum absolute atomic E-state index is 11.7. The molecule has 8 heteroatoms. The zero-order chi connectivity index (χ0) is 19.0. The van der Waals surface area contributed by atoms with E-state index in [0.717, 1.165) is 23.3 Å². The van der Waals surface area contributed by atoms with Gasteiger partial charge in [-0.15, -0.1) is 30.6 Å². The molecule has 1 aromatic heterocycles. The fourth-order valence-corrected chi connectivity index (χ4v) is 3.46. The van der Waals surface area contributed by atoms with Crippen molar-refractivity contribution in [3.05, 3.63) is 66.1 Å². The summed E-state index contributed by atoms with van der Waals surface area (Å²) in [6, 6.07) is 9.08. The van der Waals surface area contributed by atoms with Gasteiger partial charge in [0.1, 0.15) is 5.76 Å². The number of halogens is 1. The predicted molar refractivity (Wildman–Crippen MR) is 119 cm³/mol. The Morgan fingerprint density at radius 3 is 2.67 bits per heavy atom. The van der Waals surface area contributed by atoms with Crippen molar-refractivity contribution in [2.45, 2.75) is 24.8 Å². The highest BCUT2D eigenvalue weighted by atomic mass is 127. The molecule has 0 aliphatic heterocycles. The van der Waals surface area contributed by atoms with Crippen molar-refractivity contribution in [2.75, 3.05) is 19.3 Å². The summed E-state index contributed by atoms with van der Waals surface area (Å²) < 4.78 is 28.7. The van der Waals surface area contributed by atoms with E-state index in [9.17, 15) is 8.42 Å². The average molecular weight is 503 g/mol. The van der Waals surface area contributed by atoms with E-state index in [2.05, 4.69) is 22.2 Å². The van der Waals surface area contributed by atoms with E-state index in [1.54, 1.807) is 31.4 Å². The van der Waals surface area contributed by atoms with Crippen LogP contribution < -0.4 is 10.6 Å². The van der Waals surface area contributed by atoms with Gasteiger partial charge in [0.25, 0.3) is 0 Å². The highest BCUT2D eigenvalue weighted by Crippen LogP contribution is 2.17. The Kier molecular flexibility index (Phi) is 9.57. The maximum Gasteiger partial charge on any atom is 0.191 e. The third-order valence-electron chi connectivity index (χ3n) is 3.72. The Labute approximate surface area is 178 Å². The molecule has 1 aromatic carbocycles. The lowest BCUT2D eigenvalue weighted by Gasteiger charge is -2.11. The van der Waals surface area contributed by atoms with Gasteiger partial charge in [0, 0.05) is 25.8 Å². The number of hydrogen-bond acceptors (Lipinski definition) is 4. The number of aliphatic imine (C=N–C) groups is 1. The number of rotatable bonds is 8. The Morgan fingerprint density at radius 1 is 1.30 bits per heavy atom.